The fraction of sp³-hybridized carbons (Fsp3) is 0.0952. The summed E-state index contributed by atoms with van der Waals surface area (Å²) in [4.78, 5) is 15.4. The number of nitrogens with zero attached hydrogens (tertiary/aromatic N) is 2. The Labute approximate surface area is 161 Å². The predicted molar refractivity (Wildman–Crippen MR) is 105 cm³/mol. The fourth-order valence-electron chi connectivity index (χ4n) is 3.40. The lowest BCUT2D eigenvalue weighted by Crippen LogP contribution is -2.38. The van der Waals surface area contributed by atoms with Crippen LogP contribution >= 0.6 is 11.6 Å². The molecule has 0 N–H and O–H groups in total. The van der Waals surface area contributed by atoms with Crippen LogP contribution in [0.25, 0.3) is 0 Å². The van der Waals surface area contributed by atoms with Crippen molar-refractivity contribution in [2.75, 3.05) is 5.88 Å². The third-order valence-corrected chi connectivity index (χ3v) is 4.79. The summed E-state index contributed by atoms with van der Waals surface area (Å²) in [5.41, 5.74) is 1.82. The molecule has 0 radical (unpaired) electrons. The quantitative estimate of drug-likeness (QED) is 0.356. The number of nitro groups is 1. The average molecular weight is 379 g/mol. The Bertz CT molecular complexity index is 981. The zero-order valence-corrected chi connectivity index (χ0v) is 15.0. The number of non-ortho nitro benzene ring substituents is 1. The van der Waals surface area contributed by atoms with Gasteiger partial charge in [-0.25, -0.2) is 4.99 Å². The second-order valence-electron chi connectivity index (χ2n) is 6.11. The van der Waals surface area contributed by atoms with Gasteiger partial charge in [-0.15, -0.1) is 11.6 Å². The molecule has 0 aliphatic carbocycles. The summed E-state index contributed by atoms with van der Waals surface area (Å²) in [6.45, 7) is 0. The van der Waals surface area contributed by atoms with Gasteiger partial charge in [-0.1, -0.05) is 60.7 Å². The van der Waals surface area contributed by atoms with E-state index in [4.69, 9.17) is 16.3 Å². The largest absolute Gasteiger partial charge is 0.458 e. The molecular weight excluding hydrogens is 364 g/mol. The van der Waals surface area contributed by atoms with E-state index in [2.05, 4.69) is 4.99 Å². The summed E-state index contributed by atoms with van der Waals surface area (Å²) in [7, 11) is 0. The van der Waals surface area contributed by atoms with E-state index in [0.717, 1.165) is 11.1 Å². The Hall–Kier alpha value is -3.18. The highest BCUT2D eigenvalue weighted by atomic mass is 35.5. The zero-order valence-electron chi connectivity index (χ0n) is 14.2. The van der Waals surface area contributed by atoms with Gasteiger partial charge in [0.2, 0.25) is 5.90 Å². The van der Waals surface area contributed by atoms with Crippen LogP contribution in [-0.4, -0.2) is 16.7 Å². The lowest BCUT2D eigenvalue weighted by Gasteiger charge is -2.39. The molecule has 1 heterocycles. The van der Waals surface area contributed by atoms with Crippen molar-refractivity contribution < 1.29 is 9.66 Å². The van der Waals surface area contributed by atoms with Gasteiger partial charge in [0.25, 0.3) is 5.69 Å². The van der Waals surface area contributed by atoms with E-state index in [0.29, 0.717) is 17.1 Å². The molecule has 0 bridgehead atoms. The molecule has 0 saturated heterocycles. The summed E-state index contributed by atoms with van der Waals surface area (Å²) >= 11 is 6.07. The number of halogens is 1. The van der Waals surface area contributed by atoms with Gasteiger partial charge in [-0.05, 0) is 6.07 Å². The Morgan fingerprint density at radius 1 is 0.963 bits per heavy atom. The number of hydrogen-bond donors (Lipinski definition) is 0. The Balaban J connectivity index is 2.09. The fourth-order valence-corrected chi connectivity index (χ4v) is 3.52. The molecule has 0 spiro atoms. The van der Waals surface area contributed by atoms with E-state index in [1.807, 2.05) is 60.7 Å². The van der Waals surface area contributed by atoms with Crippen LogP contribution in [0, 0.1) is 10.1 Å². The minimum atomic E-state index is -1.07. The third-order valence-electron chi connectivity index (χ3n) is 4.56. The monoisotopic (exact) mass is 378 g/mol. The lowest BCUT2D eigenvalue weighted by molar-refractivity contribution is -0.385. The number of ether oxygens (including phenoxy) is 1. The number of benzene rings is 3. The second kappa shape index (κ2) is 6.85. The van der Waals surface area contributed by atoms with Gasteiger partial charge in [-0.3, -0.25) is 10.1 Å². The van der Waals surface area contributed by atoms with Crippen LogP contribution in [0.2, 0.25) is 0 Å². The van der Waals surface area contributed by atoms with E-state index < -0.39 is 10.5 Å². The molecule has 1 aliphatic heterocycles. The minimum Gasteiger partial charge on any atom is -0.458 e. The SMILES string of the molecule is O=[N+]([O-])c1ccc2c(c1)C(c1ccccc1)(c1ccccc1)OC(CCl)=N2. The summed E-state index contributed by atoms with van der Waals surface area (Å²) in [6, 6.07) is 23.8. The smallest absolute Gasteiger partial charge is 0.270 e. The molecule has 0 aromatic heterocycles. The molecule has 0 unspecified atom stereocenters. The van der Waals surface area contributed by atoms with E-state index in [1.165, 1.54) is 12.1 Å². The summed E-state index contributed by atoms with van der Waals surface area (Å²) < 4.78 is 6.35. The number of aliphatic imine (C=N–C) groups is 1. The van der Waals surface area contributed by atoms with Crippen molar-refractivity contribution in [3.63, 3.8) is 0 Å². The van der Waals surface area contributed by atoms with Gasteiger partial charge in [0.15, 0.2) is 5.60 Å². The maximum Gasteiger partial charge on any atom is 0.270 e. The number of nitro benzene ring substituents is 1. The van der Waals surface area contributed by atoms with E-state index >= 15 is 0 Å². The third kappa shape index (κ3) is 2.86. The van der Waals surface area contributed by atoms with Crippen LogP contribution < -0.4 is 0 Å². The highest BCUT2D eigenvalue weighted by Gasteiger charge is 2.44. The second-order valence-corrected chi connectivity index (χ2v) is 6.38. The van der Waals surface area contributed by atoms with Gasteiger partial charge in [-0.2, -0.15) is 0 Å². The van der Waals surface area contributed by atoms with Crippen molar-refractivity contribution in [3.05, 3.63) is 106 Å². The summed E-state index contributed by atoms with van der Waals surface area (Å²) in [5, 5.41) is 11.4. The van der Waals surface area contributed by atoms with Crippen LogP contribution in [0.15, 0.2) is 83.9 Å². The molecule has 1 aliphatic rings. The molecule has 3 aromatic rings. The van der Waals surface area contributed by atoms with Crippen LogP contribution in [0.5, 0.6) is 0 Å². The first-order valence-corrected chi connectivity index (χ1v) is 8.91. The van der Waals surface area contributed by atoms with E-state index in [-0.39, 0.29) is 11.6 Å². The van der Waals surface area contributed by atoms with Crippen molar-refractivity contribution >= 4 is 28.9 Å². The highest BCUT2D eigenvalue weighted by molar-refractivity contribution is 6.27. The Morgan fingerprint density at radius 2 is 1.56 bits per heavy atom. The molecule has 0 atom stereocenters. The number of rotatable bonds is 4. The van der Waals surface area contributed by atoms with Gasteiger partial charge >= 0.3 is 0 Å². The maximum absolute atomic E-state index is 11.4. The van der Waals surface area contributed by atoms with Crippen molar-refractivity contribution in [2.45, 2.75) is 5.60 Å². The average Bonchev–Trinajstić information content (AvgIpc) is 2.73. The molecule has 3 aromatic carbocycles. The van der Waals surface area contributed by atoms with Crippen molar-refractivity contribution in [3.8, 4) is 0 Å². The number of hydrogen-bond acceptors (Lipinski definition) is 4. The first-order chi connectivity index (χ1) is 13.1. The normalized spacial score (nSPS) is 14.6. The van der Waals surface area contributed by atoms with Crippen molar-refractivity contribution in [1.82, 2.24) is 0 Å². The van der Waals surface area contributed by atoms with Gasteiger partial charge in [0.05, 0.1) is 16.5 Å². The van der Waals surface area contributed by atoms with Crippen molar-refractivity contribution in [2.24, 2.45) is 4.99 Å². The van der Waals surface area contributed by atoms with Crippen LogP contribution in [-0.2, 0) is 10.3 Å². The van der Waals surface area contributed by atoms with Crippen LogP contribution in [0.4, 0.5) is 11.4 Å². The molecule has 27 heavy (non-hydrogen) atoms. The minimum absolute atomic E-state index is 0.0156. The van der Waals surface area contributed by atoms with Crippen molar-refractivity contribution in [1.29, 1.82) is 0 Å². The standard InChI is InChI=1S/C21H15ClN2O3/c22-14-20-23-19-12-11-17(24(25)26)13-18(19)21(27-20,15-7-3-1-4-8-15)16-9-5-2-6-10-16/h1-13H,14H2. The first kappa shape index (κ1) is 17.2. The van der Waals surface area contributed by atoms with Crippen LogP contribution in [0.1, 0.15) is 16.7 Å². The highest BCUT2D eigenvalue weighted by Crippen LogP contribution is 2.48. The van der Waals surface area contributed by atoms with E-state index in [9.17, 15) is 10.1 Å². The molecule has 0 saturated carbocycles. The van der Waals surface area contributed by atoms with Gasteiger partial charge < -0.3 is 4.74 Å². The molecule has 6 heteroatoms. The molecule has 0 amide bonds. The first-order valence-electron chi connectivity index (χ1n) is 8.37. The van der Waals surface area contributed by atoms with Crippen LogP contribution in [0.3, 0.4) is 0 Å². The molecular formula is C21H15ClN2O3. The topological polar surface area (TPSA) is 64.7 Å². The molecule has 4 rings (SSSR count). The van der Waals surface area contributed by atoms with Gasteiger partial charge in [0, 0.05) is 28.8 Å². The zero-order chi connectivity index (χ0) is 18.9. The maximum atomic E-state index is 11.4. The number of alkyl halides is 1. The predicted octanol–water partition coefficient (Wildman–Crippen LogP) is 5.19. The number of fused-ring (bicyclic) bond motifs is 1. The summed E-state index contributed by atoms with van der Waals surface area (Å²) in [5.74, 6) is 0.461. The summed E-state index contributed by atoms with van der Waals surface area (Å²) in [6.07, 6.45) is 0. The molecule has 5 nitrogen and oxygen atoms in total. The Morgan fingerprint density at radius 3 is 2.07 bits per heavy atom. The lowest BCUT2D eigenvalue weighted by atomic mass is 9.78. The molecule has 0 fully saturated rings. The Kier molecular flexibility index (Phi) is 4.38. The van der Waals surface area contributed by atoms with Gasteiger partial charge in [0.1, 0.15) is 0 Å². The van der Waals surface area contributed by atoms with E-state index in [1.54, 1.807) is 6.07 Å². The molecule has 134 valence electrons.